The molecule has 0 unspecified atom stereocenters. The van der Waals surface area contributed by atoms with E-state index < -0.39 is 0 Å². The van der Waals surface area contributed by atoms with E-state index in [1.54, 1.807) is 6.26 Å². The zero-order chi connectivity index (χ0) is 17.9. The van der Waals surface area contributed by atoms with Crippen LogP contribution >= 0.6 is 0 Å². The fraction of sp³-hybridized carbons (Fsp3) is 0.350. The molecule has 1 atom stereocenters. The molecule has 1 aliphatic heterocycles. The summed E-state index contributed by atoms with van der Waals surface area (Å²) in [5, 5.41) is 12.3. The van der Waals surface area contributed by atoms with Gasteiger partial charge in [-0.15, -0.1) is 0 Å². The van der Waals surface area contributed by atoms with Crippen LogP contribution in [0, 0.1) is 6.92 Å². The van der Waals surface area contributed by atoms with Crippen LogP contribution in [0.4, 0.5) is 10.5 Å². The van der Waals surface area contributed by atoms with Crippen LogP contribution in [-0.4, -0.2) is 27.7 Å². The summed E-state index contributed by atoms with van der Waals surface area (Å²) >= 11 is 0. The Morgan fingerprint density at radius 1 is 1.19 bits per heavy atom. The van der Waals surface area contributed by atoms with Gasteiger partial charge in [0.1, 0.15) is 5.76 Å². The van der Waals surface area contributed by atoms with Crippen LogP contribution < -0.4 is 5.32 Å². The maximum Gasteiger partial charge on any atom is 0.322 e. The lowest BCUT2D eigenvalue weighted by atomic mass is 10.1. The number of fused-ring (bicyclic) bond motifs is 1. The molecular weight excluding hydrogens is 328 g/mol. The number of hydrogen-bond acceptors (Lipinski definition) is 4. The molecule has 26 heavy (non-hydrogen) atoms. The van der Waals surface area contributed by atoms with Crippen molar-refractivity contribution >= 4 is 22.6 Å². The second-order valence-corrected chi connectivity index (χ2v) is 6.73. The van der Waals surface area contributed by atoms with Gasteiger partial charge in [-0.05, 0) is 50.1 Å². The number of benzene rings is 1. The van der Waals surface area contributed by atoms with Crippen LogP contribution in [0.5, 0.6) is 0 Å². The number of rotatable bonds is 2. The molecule has 1 fully saturated rings. The second kappa shape index (κ2) is 7.15. The van der Waals surface area contributed by atoms with Crippen molar-refractivity contribution in [1.29, 1.82) is 0 Å². The van der Waals surface area contributed by atoms with Crippen molar-refractivity contribution in [2.75, 3.05) is 11.9 Å². The average molecular weight is 350 g/mol. The average Bonchev–Trinajstić information content (AvgIpc) is 3.06. The molecule has 1 N–H and O–H groups in total. The molecule has 1 saturated heterocycles. The highest BCUT2D eigenvalue weighted by atomic mass is 16.3. The van der Waals surface area contributed by atoms with Crippen molar-refractivity contribution in [3.63, 3.8) is 0 Å². The zero-order valence-electron chi connectivity index (χ0n) is 14.8. The Balaban J connectivity index is 1.63. The van der Waals surface area contributed by atoms with Gasteiger partial charge in [-0.1, -0.05) is 18.9 Å². The molecule has 0 saturated carbocycles. The Hall–Kier alpha value is -2.89. The lowest BCUT2D eigenvalue weighted by molar-refractivity contribution is 0.179. The van der Waals surface area contributed by atoms with Gasteiger partial charge in [0.25, 0.3) is 0 Å². The van der Waals surface area contributed by atoms with Crippen LogP contribution in [0.3, 0.4) is 0 Å². The molecule has 0 aliphatic carbocycles. The van der Waals surface area contributed by atoms with Crippen molar-refractivity contribution in [3.8, 4) is 0 Å². The van der Waals surface area contributed by atoms with Crippen LogP contribution in [0.25, 0.3) is 10.9 Å². The number of aryl methyl sites for hydroxylation is 1. The van der Waals surface area contributed by atoms with E-state index in [1.165, 1.54) is 0 Å². The van der Waals surface area contributed by atoms with E-state index in [0.29, 0.717) is 0 Å². The number of carbonyl (C=O) groups excluding carboxylic acids is 1. The smallest absolute Gasteiger partial charge is 0.322 e. The normalized spacial score (nSPS) is 17.9. The molecule has 134 valence electrons. The van der Waals surface area contributed by atoms with Crippen LogP contribution in [-0.2, 0) is 0 Å². The number of carbonyl (C=O) groups is 1. The van der Waals surface area contributed by atoms with Crippen LogP contribution in [0.2, 0.25) is 0 Å². The topological polar surface area (TPSA) is 71.3 Å². The SMILES string of the molecule is Cc1cc2c(NC(=O)N3CCCCC[C@H]3c3ccco3)cccc2nn1. The van der Waals surface area contributed by atoms with Crippen molar-refractivity contribution in [3.05, 3.63) is 54.1 Å². The molecule has 1 aromatic carbocycles. The molecule has 0 bridgehead atoms. The lowest BCUT2D eigenvalue weighted by Crippen LogP contribution is -2.38. The van der Waals surface area contributed by atoms with Gasteiger partial charge in [0.2, 0.25) is 0 Å². The summed E-state index contributed by atoms with van der Waals surface area (Å²) in [7, 11) is 0. The zero-order valence-corrected chi connectivity index (χ0v) is 14.8. The van der Waals surface area contributed by atoms with Crippen molar-refractivity contribution in [1.82, 2.24) is 15.1 Å². The molecule has 6 heteroatoms. The van der Waals surface area contributed by atoms with Crippen LogP contribution in [0.15, 0.2) is 47.1 Å². The van der Waals surface area contributed by atoms with Gasteiger partial charge < -0.3 is 14.6 Å². The molecule has 2 amide bonds. The van der Waals surface area contributed by atoms with E-state index in [0.717, 1.165) is 60.3 Å². The largest absolute Gasteiger partial charge is 0.467 e. The summed E-state index contributed by atoms with van der Waals surface area (Å²) in [6.07, 6.45) is 5.82. The number of aromatic nitrogens is 2. The minimum Gasteiger partial charge on any atom is -0.467 e. The van der Waals surface area contributed by atoms with E-state index >= 15 is 0 Å². The van der Waals surface area contributed by atoms with Gasteiger partial charge in [-0.3, -0.25) is 0 Å². The first-order valence-corrected chi connectivity index (χ1v) is 9.06. The molecule has 0 spiro atoms. The van der Waals surface area contributed by atoms with Crippen molar-refractivity contribution < 1.29 is 9.21 Å². The standard InChI is InChI=1S/C20H22N4O2/c1-14-13-15-16(7-5-8-17(15)23-22-14)21-20(25)24-11-4-2-3-9-18(24)19-10-6-12-26-19/h5-8,10,12-13,18H,2-4,9,11H2,1H3,(H,21,25)/t18-/m0/s1. The summed E-state index contributed by atoms with van der Waals surface area (Å²) in [5.74, 6) is 0.849. The number of nitrogens with zero attached hydrogens (tertiary/aromatic N) is 3. The van der Waals surface area contributed by atoms with E-state index in [1.807, 2.05) is 48.2 Å². The summed E-state index contributed by atoms with van der Waals surface area (Å²) in [5.41, 5.74) is 2.35. The Morgan fingerprint density at radius 2 is 2.12 bits per heavy atom. The van der Waals surface area contributed by atoms with Crippen molar-refractivity contribution in [2.45, 2.75) is 38.6 Å². The summed E-state index contributed by atoms with van der Waals surface area (Å²) in [6, 6.07) is 11.3. The van der Waals surface area contributed by atoms with Crippen molar-refractivity contribution in [2.24, 2.45) is 0 Å². The van der Waals surface area contributed by atoms with Gasteiger partial charge in [-0.25, -0.2) is 4.79 Å². The Kier molecular flexibility index (Phi) is 4.56. The fourth-order valence-electron chi connectivity index (χ4n) is 3.59. The molecule has 4 rings (SSSR count). The predicted octanol–water partition coefficient (Wildman–Crippen LogP) is 4.68. The Morgan fingerprint density at radius 3 is 2.96 bits per heavy atom. The summed E-state index contributed by atoms with van der Waals surface area (Å²) in [6.45, 7) is 2.62. The molecule has 3 aromatic rings. The summed E-state index contributed by atoms with van der Waals surface area (Å²) < 4.78 is 5.61. The number of furan rings is 1. The minimum absolute atomic E-state index is 0.0241. The molecule has 3 heterocycles. The summed E-state index contributed by atoms with van der Waals surface area (Å²) in [4.78, 5) is 15.0. The first-order valence-electron chi connectivity index (χ1n) is 9.06. The van der Waals surface area contributed by atoms with Gasteiger partial charge in [0.15, 0.2) is 0 Å². The predicted molar refractivity (Wildman–Crippen MR) is 99.9 cm³/mol. The monoisotopic (exact) mass is 350 g/mol. The minimum atomic E-state index is -0.102. The third kappa shape index (κ3) is 3.27. The maximum absolute atomic E-state index is 13.1. The van der Waals surface area contributed by atoms with Gasteiger partial charge >= 0.3 is 6.03 Å². The number of nitrogens with one attached hydrogen (secondary N) is 1. The lowest BCUT2D eigenvalue weighted by Gasteiger charge is -2.29. The molecule has 6 nitrogen and oxygen atoms in total. The number of hydrogen-bond donors (Lipinski definition) is 1. The third-order valence-corrected chi connectivity index (χ3v) is 4.88. The molecule has 2 aromatic heterocycles. The van der Waals surface area contributed by atoms with E-state index in [9.17, 15) is 4.79 Å². The Labute approximate surface area is 152 Å². The second-order valence-electron chi connectivity index (χ2n) is 6.73. The van der Waals surface area contributed by atoms with Gasteiger partial charge in [-0.2, -0.15) is 10.2 Å². The highest BCUT2D eigenvalue weighted by Gasteiger charge is 2.28. The highest BCUT2D eigenvalue weighted by molar-refractivity contribution is 6.00. The van der Waals surface area contributed by atoms with E-state index in [2.05, 4.69) is 15.5 Å². The first kappa shape index (κ1) is 16.6. The Bertz CT molecular complexity index is 907. The van der Waals surface area contributed by atoms with E-state index in [-0.39, 0.29) is 12.1 Å². The number of amides is 2. The van der Waals surface area contributed by atoms with Gasteiger partial charge in [0.05, 0.1) is 29.2 Å². The van der Waals surface area contributed by atoms with Crippen LogP contribution in [0.1, 0.15) is 43.2 Å². The molecule has 0 radical (unpaired) electrons. The molecule has 1 aliphatic rings. The number of likely N-dealkylation sites (tertiary alicyclic amines) is 1. The quantitative estimate of drug-likeness (QED) is 0.728. The number of urea groups is 1. The number of anilines is 1. The third-order valence-electron chi connectivity index (χ3n) is 4.88. The highest BCUT2D eigenvalue weighted by Crippen LogP contribution is 2.31. The van der Waals surface area contributed by atoms with E-state index in [4.69, 9.17) is 4.42 Å². The first-order chi connectivity index (χ1) is 12.7. The maximum atomic E-state index is 13.1. The van der Waals surface area contributed by atoms with Gasteiger partial charge in [0, 0.05) is 11.9 Å². The molecular formula is C20H22N4O2. The fourth-order valence-corrected chi connectivity index (χ4v) is 3.59.